The lowest BCUT2D eigenvalue weighted by Crippen LogP contribution is -2.11. The number of halogens is 2. The third-order valence-electron chi connectivity index (χ3n) is 4.02. The molecule has 0 bridgehead atoms. The minimum Gasteiger partial charge on any atom is -0.397 e. The van der Waals surface area contributed by atoms with Gasteiger partial charge in [-0.15, -0.1) is 11.3 Å². The van der Waals surface area contributed by atoms with Crippen molar-refractivity contribution in [1.29, 1.82) is 0 Å². The standard InChI is InChI=1S/C20H13ClFN3OS/c21-12-2-1-3-14(10-12)24-19(26)18-17(23)15-8-9-16(25-20(15)27-18)11-4-6-13(22)7-5-11/h1-10H,23H2,(H,24,26). The number of anilines is 2. The fraction of sp³-hybridized carbons (Fsp3) is 0. The lowest BCUT2D eigenvalue weighted by atomic mass is 10.1. The second-order valence-electron chi connectivity index (χ2n) is 5.87. The summed E-state index contributed by atoms with van der Waals surface area (Å²) in [6, 6.07) is 16.6. The molecular weight excluding hydrogens is 385 g/mol. The number of aromatic nitrogens is 1. The van der Waals surface area contributed by atoms with Gasteiger partial charge in [0.25, 0.3) is 5.91 Å². The Hall–Kier alpha value is -2.96. The summed E-state index contributed by atoms with van der Waals surface area (Å²) in [6.45, 7) is 0. The van der Waals surface area contributed by atoms with E-state index in [1.54, 1.807) is 42.5 Å². The van der Waals surface area contributed by atoms with E-state index in [1.807, 2.05) is 6.07 Å². The first-order chi connectivity index (χ1) is 13.0. The Morgan fingerprint density at radius 2 is 1.89 bits per heavy atom. The topological polar surface area (TPSA) is 68.0 Å². The van der Waals surface area contributed by atoms with Crippen molar-refractivity contribution in [3.05, 3.63) is 76.4 Å². The summed E-state index contributed by atoms with van der Waals surface area (Å²) in [5.41, 5.74) is 8.61. The van der Waals surface area contributed by atoms with Crippen LogP contribution in [-0.4, -0.2) is 10.9 Å². The van der Waals surface area contributed by atoms with E-state index in [-0.39, 0.29) is 11.7 Å². The molecule has 0 aliphatic rings. The summed E-state index contributed by atoms with van der Waals surface area (Å²) in [5.74, 6) is -0.624. The molecule has 2 aromatic heterocycles. The lowest BCUT2D eigenvalue weighted by molar-refractivity contribution is 0.103. The summed E-state index contributed by atoms with van der Waals surface area (Å²) in [4.78, 5) is 18.2. The molecule has 27 heavy (non-hydrogen) atoms. The lowest BCUT2D eigenvalue weighted by Gasteiger charge is -2.04. The van der Waals surface area contributed by atoms with Crippen LogP contribution in [0, 0.1) is 5.82 Å². The smallest absolute Gasteiger partial charge is 0.267 e. The molecule has 0 spiro atoms. The van der Waals surface area contributed by atoms with Crippen LogP contribution in [0.2, 0.25) is 5.02 Å². The van der Waals surface area contributed by atoms with Crippen LogP contribution in [0.3, 0.4) is 0 Å². The van der Waals surface area contributed by atoms with Gasteiger partial charge in [0.1, 0.15) is 15.5 Å². The van der Waals surface area contributed by atoms with Crippen molar-refractivity contribution >= 4 is 50.4 Å². The van der Waals surface area contributed by atoms with Crippen LogP contribution in [0.15, 0.2) is 60.7 Å². The number of hydrogen-bond acceptors (Lipinski definition) is 4. The van der Waals surface area contributed by atoms with Crippen LogP contribution in [0.1, 0.15) is 9.67 Å². The Labute approximate surface area is 163 Å². The van der Waals surface area contributed by atoms with E-state index < -0.39 is 0 Å². The molecule has 0 saturated heterocycles. The number of carbonyl (C=O) groups is 1. The van der Waals surface area contributed by atoms with E-state index in [4.69, 9.17) is 17.3 Å². The van der Waals surface area contributed by atoms with Gasteiger partial charge >= 0.3 is 0 Å². The monoisotopic (exact) mass is 397 g/mol. The molecule has 134 valence electrons. The number of hydrogen-bond donors (Lipinski definition) is 2. The van der Waals surface area contributed by atoms with Crippen molar-refractivity contribution in [1.82, 2.24) is 4.98 Å². The summed E-state index contributed by atoms with van der Waals surface area (Å²) in [5, 5.41) is 4.03. The quantitative estimate of drug-likeness (QED) is 0.473. The third kappa shape index (κ3) is 3.49. The molecule has 4 rings (SSSR count). The Kier molecular flexibility index (Phi) is 4.51. The molecule has 0 atom stereocenters. The molecule has 0 fully saturated rings. The van der Waals surface area contributed by atoms with Crippen molar-refractivity contribution in [3.8, 4) is 11.3 Å². The number of rotatable bonds is 3. The zero-order valence-corrected chi connectivity index (χ0v) is 15.4. The maximum atomic E-state index is 13.1. The number of nitrogens with two attached hydrogens (primary N) is 1. The third-order valence-corrected chi connectivity index (χ3v) is 5.37. The molecular formula is C20H13ClFN3OS. The molecule has 0 aliphatic carbocycles. The average Bonchev–Trinajstić information content (AvgIpc) is 2.99. The van der Waals surface area contributed by atoms with Gasteiger partial charge in [0.2, 0.25) is 0 Å². The second-order valence-corrected chi connectivity index (χ2v) is 7.30. The van der Waals surface area contributed by atoms with Gasteiger partial charge in [0.15, 0.2) is 0 Å². The number of amides is 1. The highest BCUT2D eigenvalue weighted by Crippen LogP contribution is 2.34. The highest BCUT2D eigenvalue weighted by atomic mass is 35.5. The van der Waals surface area contributed by atoms with Gasteiger partial charge in [0, 0.05) is 21.7 Å². The highest BCUT2D eigenvalue weighted by Gasteiger charge is 2.18. The first kappa shape index (κ1) is 17.5. The number of thiophene rings is 1. The van der Waals surface area contributed by atoms with Crippen LogP contribution < -0.4 is 11.1 Å². The van der Waals surface area contributed by atoms with Crippen molar-refractivity contribution < 1.29 is 9.18 Å². The molecule has 2 aromatic carbocycles. The molecule has 4 nitrogen and oxygen atoms in total. The van der Waals surface area contributed by atoms with E-state index in [1.165, 1.54) is 23.5 Å². The summed E-state index contributed by atoms with van der Waals surface area (Å²) in [7, 11) is 0. The molecule has 0 radical (unpaired) electrons. The largest absolute Gasteiger partial charge is 0.397 e. The van der Waals surface area contributed by atoms with Gasteiger partial charge in [-0.25, -0.2) is 9.37 Å². The van der Waals surface area contributed by atoms with Crippen LogP contribution >= 0.6 is 22.9 Å². The van der Waals surface area contributed by atoms with Crippen LogP contribution in [0.4, 0.5) is 15.8 Å². The zero-order valence-electron chi connectivity index (χ0n) is 13.9. The fourth-order valence-electron chi connectivity index (χ4n) is 2.70. The molecule has 7 heteroatoms. The van der Waals surface area contributed by atoms with Crippen LogP contribution in [-0.2, 0) is 0 Å². The van der Waals surface area contributed by atoms with E-state index >= 15 is 0 Å². The van der Waals surface area contributed by atoms with E-state index in [9.17, 15) is 9.18 Å². The minimum absolute atomic E-state index is 0.305. The zero-order chi connectivity index (χ0) is 19.0. The predicted molar refractivity (Wildman–Crippen MR) is 109 cm³/mol. The van der Waals surface area contributed by atoms with Gasteiger partial charge in [-0.3, -0.25) is 4.79 Å². The van der Waals surface area contributed by atoms with E-state index in [0.29, 0.717) is 37.2 Å². The molecule has 0 aliphatic heterocycles. The Balaban J connectivity index is 1.68. The number of nitrogen functional groups attached to an aromatic ring is 1. The van der Waals surface area contributed by atoms with Crippen LogP contribution in [0.25, 0.3) is 21.5 Å². The van der Waals surface area contributed by atoms with Gasteiger partial charge in [-0.1, -0.05) is 17.7 Å². The number of benzene rings is 2. The minimum atomic E-state index is -0.318. The number of fused-ring (bicyclic) bond motifs is 1. The Bertz CT molecular complexity index is 1160. The van der Waals surface area contributed by atoms with Crippen molar-refractivity contribution in [3.63, 3.8) is 0 Å². The molecule has 2 heterocycles. The number of pyridine rings is 1. The summed E-state index contributed by atoms with van der Waals surface area (Å²) < 4.78 is 13.1. The number of nitrogens with one attached hydrogen (secondary N) is 1. The number of nitrogens with zero attached hydrogens (tertiary/aromatic N) is 1. The Morgan fingerprint density at radius 3 is 2.63 bits per heavy atom. The maximum absolute atomic E-state index is 13.1. The predicted octanol–water partition coefficient (Wildman–Crippen LogP) is 5.59. The number of carbonyl (C=O) groups excluding carboxylic acids is 1. The molecule has 0 unspecified atom stereocenters. The average molecular weight is 398 g/mol. The first-order valence-corrected chi connectivity index (χ1v) is 9.22. The summed E-state index contributed by atoms with van der Waals surface area (Å²) >= 11 is 7.16. The highest BCUT2D eigenvalue weighted by molar-refractivity contribution is 7.21. The first-order valence-electron chi connectivity index (χ1n) is 8.03. The Morgan fingerprint density at radius 1 is 1.11 bits per heavy atom. The molecule has 3 N–H and O–H groups in total. The second kappa shape index (κ2) is 6.98. The summed E-state index contributed by atoms with van der Waals surface area (Å²) in [6.07, 6.45) is 0. The van der Waals surface area contributed by atoms with Crippen molar-refractivity contribution in [2.75, 3.05) is 11.1 Å². The fourth-order valence-corrected chi connectivity index (χ4v) is 3.88. The van der Waals surface area contributed by atoms with E-state index in [2.05, 4.69) is 10.3 Å². The molecule has 1 amide bonds. The van der Waals surface area contributed by atoms with Gasteiger partial charge in [-0.05, 0) is 54.6 Å². The normalized spacial score (nSPS) is 10.9. The van der Waals surface area contributed by atoms with Crippen molar-refractivity contribution in [2.24, 2.45) is 0 Å². The molecule has 0 saturated carbocycles. The van der Waals surface area contributed by atoms with Gasteiger partial charge < -0.3 is 11.1 Å². The van der Waals surface area contributed by atoms with Gasteiger partial charge in [-0.2, -0.15) is 0 Å². The van der Waals surface area contributed by atoms with Crippen LogP contribution in [0.5, 0.6) is 0 Å². The van der Waals surface area contributed by atoms with E-state index in [0.717, 1.165) is 5.56 Å². The van der Waals surface area contributed by atoms with Crippen molar-refractivity contribution in [2.45, 2.75) is 0 Å². The molecule has 4 aromatic rings. The SMILES string of the molecule is Nc1c(C(=O)Nc2cccc(Cl)c2)sc2nc(-c3ccc(F)cc3)ccc12. The maximum Gasteiger partial charge on any atom is 0.267 e. The van der Waals surface area contributed by atoms with Gasteiger partial charge in [0.05, 0.1) is 11.4 Å².